The molecule has 0 atom stereocenters. The highest BCUT2D eigenvalue weighted by Gasteiger charge is 2.26. The molecule has 0 bridgehead atoms. The number of hydrogen-bond donors (Lipinski definition) is 0. The van der Waals surface area contributed by atoms with E-state index in [0.717, 1.165) is 12.8 Å². The summed E-state index contributed by atoms with van der Waals surface area (Å²) >= 11 is 1.37. The molecule has 0 amide bonds. The third-order valence-corrected chi connectivity index (χ3v) is 5.90. The maximum absolute atomic E-state index is 12.6. The second kappa shape index (κ2) is 7.09. The number of fused-ring (bicyclic) bond motifs is 1. The fourth-order valence-electron chi connectivity index (χ4n) is 1.99. The Hall–Kier alpha value is -1.34. The van der Waals surface area contributed by atoms with Crippen molar-refractivity contribution in [2.75, 3.05) is 11.5 Å². The summed E-state index contributed by atoms with van der Waals surface area (Å²) in [7, 11) is -3.38. The molecule has 21 heavy (non-hydrogen) atoms. The molecule has 2 aromatic heterocycles. The maximum Gasteiger partial charge on any atom is 0.184 e. The molecular formula is C14H19N3O2S2. The van der Waals surface area contributed by atoms with Gasteiger partial charge in [-0.2, -0.15) is 5.10 Å². The van der Waals surface area contributed by atoms with E-state index in [-0.39, 0.29) is 10.6 Å². The summed E-state index contributed by atoms with van der Waals surface area (Å²) < 4.78 is 26.8. The third kappa shape index (κ3) is 3.65. The zero-order valence-electron chi connectivity index (χ0n) is 12.0. The lowest BCUT2D eigenvalue weighted by atomic mass is 10.3. The van der Waals surface area contributed by atoms with Crippen LogP contribution in [0.5, 0.6) is 0 Å². The van der Waals surface area contributed by atoms with Gasteiger partial charge < -0.3 is 0 Å². The van der Waals surface area contributed by atoms with Crippen LogP contribution in [0.4, 0.5) is 0 Å². The molecule has 0 aliphatic rings. The van der Waals surface area contributed by atoms with Crippen molar-refractivity contribution < 1.29 is 8.42 Å². The largest absolute Gasteiger partial charge is 0.236 e. The zero-order chi connectivity index (χ0) is 15.3. The Bertz CT molecular complexity index is 723. The molecule has 5 nitrogen and oxygen atoms in total. The van der Waals surface area contributed by atoms with Crippen LogP contribution in [0, 0.1) is 0 Å². The number of nitrogens with zero attached hydrogens (tertiary/aromatic N) is 3. The first-order chi connectivity index (χ1) is 10.1. The first kappa shape index (κ1) is 16.0. The lowest BCUT2D eigenvalue weighted by Crippen LogP contribution is -2.08. The molecule has 0 aliphatic heterocycles. The number of hydrogen-bond acceptors (Lipinski definition) is 5. The van der Waals surface area contributed by atoms with Gasteiger partial charge in [0, 0.05) is 18.1 Å². The van der Waals surface area contributed by atoms with E-state index in [1.807, 2.05) is 0 Å². The predicted molar refractivity (Wildman–Crippen MR) is 85.5 cm³/mol. The van der Waals surface area contributed by atoms with Gasteiger partial charge in [-0.05, 0) is 12.5 Å². The molecule has 0 saturated carbocycles. The summed E-state index contributed by atoms with van der Waals surface area (Å²) in [5.41, 5.74) is 0.403. The molecule has 114 valence electrons. The highest BCUT2D eigenvalue weighted by atomic mass is 32.2. The monoisotopic (exact) mass is 325 g/mol. The van der Waals surface area contributed by atoms with Crippen LogP contribution < -0.4 is 0 Å². The smallest absolute Gasteiger partial charge is 0.184 e. The van der Waals surface area contributed by atoms with Crippen LogP contribution in [0.1, 0.15) is 26.2 Å². The summed E-state index contributed by atoms with van der Waals surface area (Å²) in [6.45, 7) is 5.71. The van der Waals surface area contributed by atoms with Crippen LogP contribution in [0.2, 0.25) is 0 Å². The van der Waals surface area contributed by atoms with Gasteiger partial charge in [0.15, 0.2) is 15.5 Å². The Kier molecular flexibility index (Phi) is 5.41. The molecule has 2 aromatic rings. The van der Waals surface area contributed by atoms with Crippen molar-refractivity contribution in [3.63, 3.8) is 0 Å². The average Bonchev–Trinajstić information content (AvgIpc) is 2.84. The molecule has 0 aliphatic carbocycles. The minimum Gasteiger partial charge on any atom is -0.236 e. The molecular weight excluding hydrogens is 306 g/mol. The van der Waals surface area contributed by atoms with Gasteiger partial charge in [0.25, 0.3) is 0 Å². The second-order valence-electron chi connectivity index (χ2n) is 4.65. The SMILES string of the molecule is C=CCSc1nn2cccnc2c1S(=O)(=O)CCCCC. The Morgan fingerprint density at radius 3 is 2.95 bits per heavy atom. The van der Waals surface area contributed by atoms with Gasteiger partial charge in [0.2, 0.25) is 0 Å². The van der Waals surface area contributed by atoms with Crippen molar-refractivity contribution >= 4 is 27.2 Å². The van der Waals surface area contributed by atoms with E-state index in [1.165, 1.54) is 16.3 Å². The van der Waals surface area contributed by atoms with Gasteiger partial charge in [-0.25, -0.2) is 17.9 Å². The highest BCUT2D eigenvalue weighted by molar-refractivity contribution is 8.00. The predicted octanol–water partition coefficient (Wildman–Crippen LogP) is 2.97. The van der Waals surface area contributed by atoms with E-state index in [0.29, 0.717) is 22.8 Å². The molecule has 0 N–H and O–H groups in total. The topological polar surface area (TPSA) is 64.3 Å². The van der Waals surface area contributed by atoms with Crippen LogP contribution in [-0.2, 0) is 9.84 Å². The lowest BCUT2D eigenvalue weighted by Gasteiger charge is -2.04. The average molecular weight is 325 g/mol. The van der Waals surface area contributed by atoms with Crippen LogP contribution in [0.3, 0.4) is 0 Å². The number of unbranched alkanes of at least 4 members (excludes halogenated alkanes) is 2. The fourth-order valence-corrected chi connectivity index (χ4v) is 4.72. The van der Waals surface area contributed by atoms with Crippen LogP contribution in [-0.4, -0.2) is 34.5 Å². The molecule has 0 spiro atoms. The molecule has 0 unspecified atom stereocenters. The summed E-state index contributed by atoms with van der Waals surface area (Å²) in [6.07, 6.45) is 7.58. The van der Waals surface area contributed by atoms with E-state index in [4.69, 9.17) is 0 Å². The lowest BCUT2D eigenvalue weighted by molar-refractivity contribution is 0.589. The summed E-state index contributed by atoms with van der Waals surface area (Å²) in [4.78, 5) is 4.44. The number of rotatable bonds is 8. The summed E-state index contributed by atoms with van der Waals surface area (Å²) in [5.74, 6) is 0.752. The van der Waals surface area contributed by atoms with Gasteiger partial charge in [0.05, 0.1) is 5.75 Å². The van der Waals surface area contributed by atoms with Crippen molar-refractivity contribution in [2.24, 2.45) is 0 Å². The Morgan fingerprint density at radius 1 is 1.43 bits per heavy atom. The molecule has 0 radical (unpaired) electrons. The molecule has 7 heteroatoms. The number of sulfone groups is 1. The van der Waals surface area contributed by atoms with E-state index >= 15 is 0 Å². The first-order valence-electron chi connectivity index (χ1n) is 6.90. The van der Waals surface area contributed by atoms with Gasteiger partial charge >= 0.3 is 0 Å². The van der Waals surface area contributed by atoms with Crippen molar-refractivity contribution in [3.8, 4) is 0 Å². The first-order valence-corrected chi connectivity index (χ1v) is 9.53. The third-order valence-electron chi connectivity index (χ3n) is 2.99. The van der Waals surface area contributed by atoms with Crippen molar-refractivity contribution in [1.82, 2.24) is 14.6 Å². The Balaban J connectivity index is 2.46. The van der Waals surface area contributed by atoms with Gasteiger partial charge in [-0.15, -0.1) is 6.58 Å². The van der Waals surface area contributed by atoms with E-state index < -0.39 is 9.84 Å². The fraction of sp³-hybridized carbons (Fsp3) is 0.429. The number of aromatic nitrogens is 3. The minimum absolute atomic E-state index is 0.139. The van der Waals surface area contributed by atoms with E-state index in [9.17, 15) is 8.42 Å². The van der Waals surface area contributed by atoms with E-state index in [1.54, 1.807) is 24.5 Å². The van der Waals surface area contributed by atoms with Gasteiger partial charge in [-0.3, -0.25) is 0 Å². The highest BCUT2D eigenvalue weighted by Crippen LogP contribution is 2.29. The Labute approximate surface area is 129 Å². The van der Waals surface area contributed by atoms with Crippen molar-refractivity contribution in [1.29, 1.82) is 0 Å². The zero-order valence-corrected chi connectivity index (χ0v) is 13.7. The summed E-state index contributed by atoms with van der Waals surface area (Å²) in [5, 5.41) is 4.84. The number of thioether (sulfide) groups is 1. The standard InChI is InChI=1S/C14H19N3O2S2/c1-3-5-6-11-21(18,19)12-13-15-8-7-9-17(13)16-14(12)20-10-4-2/h4,7-9H,2-3,5-6,10-11H2,1H3. The van der Waals surface area contributed by atoms with Gasteiger partial charge in [0.1, 0.15) is 9.92 Å². The maximum atomic E-state index is 12.6. The Morgan fingerprint density at radius 2 is 2.24 bits per heavy atom. The molecule has 0 saturated heterocycles. The second-order valence-corrected chi connectivity index (χ2v) is 7.70. The van der Waals surface area contributed by atoms with Crippen LogP contribution >= 0.6 is 11.8 Å². The minimum atomic E-state index is -3.38. The van der Waals surface area contributed by atoms with Crippen molar-refractivity contribution in [3.05, 3.63) is 31.1 Å². The van der Waals surface area contributed by atoms with Gasteiger partial charge in [-0.1, -0.05) is 37.6 Å². The molecule has 2 heterocycles. The van der Waals surface area contributed by atoms with Crippen LogP contribution in [0.15, 0.2) is 41.0 Å². The molecule has 2 rings (SSSR count). The van der Waals surface area contributed by atoms with Crippen molar-refractivity contribution in [2.45, 2.75) is 36.1 Å². The molecule has 0 aromatic carbocycles. The quantitative estimate of drug-likeness (QED) is 0.424. The molecule has 0 fully saturated rings. The normalized spacial score (nSPS) is 11.9. The van der Waals surface area contributed by atoms with E-state index in [2.05, 4.69) is 23.6 Å². The summed E-state index contributed by atoms with van der Waals surface area (Å²) in [6, 6.07) is 1.73. The van der Waals surface area contributed by atoms with Crippen LogP contribution in [0.25, 0.3) is 5.65 Å².